The zero-order chi connectivity index (χ0) is 10.8. The van der Waals surface area contributed by atoms with Gasteiger partial charge in [0.1, 0.15) is 0 Å². The van der Waals surface area contributed by atoms with Crippen molar-refractivity contribution in [3.05, 3.63) is 0 Å². The number of nitrogens with zero attached hydrogens (tertiary/aromatic N) is 1. The number of rotatable bonds is 8. The Bertz CT molecular complexity index is 132. The molecule has 0 saturated carbocycles. The molecule has 0 aliphatic carbocycles. The lowest BCUT2D eigenvalue weighted by Gasteiger charge is -2.26. The van der Waals surface area contributed by atoms with Gasteiger partial charge in [0, 0.05) is 12.3 Å². The van der Waals surface area contributed by atoms with Gasteiger partial charge < -0.3 is 4.90 Å². The lowest BCUT2D eigenvalue weighted by Crippen LogP contribution is -2.31. The molecule has 1 saturated heterocycles. The first kappa shape index (κ1) is 13.4. The van der Waals surface area contributed by atoms with Crippen LogP contribution in [0.5, 0.6) is 0 Å². The number of thioether (sulfide) groups is 1. The summed E-state index contributed by atoms with van der Waals surface area (Å²) in [5.41, 5.74) is 0. The third-order valence-corrected chi connectivity index (χ3v) is 4.19. The molecule has 0 spiro atoms. The van der Waals surface area contributed by atoms with E-state index < -0.39 is 0 Å². The summed E-state index contributed by atoms with van der Waals surface area (Å²) in [6.45, 7) is 6.33. The van der Waals surface area contributed by atoms with Crippen molar-refractivity contribution >= 4 is 11.8 Å². The van der Waals surface area contributed by atoms with Crippen LogP contribution in [0.3, 0.4) is 0 Å². The normalized spacial score (nSPS) is 18.2. The van der Waals surface area contributed by atoms with Gasteiger partial charge in [-0.2, -0.15) is 11.8 Å². The monoisotopic (exact) mass is 229 g/mol. The molecule has 0 aromatic rings. The number of unbranched alkanes of at least 4 members (excludes halogenated alkanes) is 3. The second-order valence-corrected chi connectivity index (χ2v) is 5.80. The van der Waals surface area contributed by atoms with E-state index in [2.05, 4.69) is 23.6 Å². The summed E-state index contributed by atoms with van der Waals surface area (Å²) in [6.07, 6.45) is 9.97. The summed E-state index contributed by atoms with van der Waals surface area (Å²) in [5, 5.41) is 0. The van der Waals surface area contributed by atoms with Gasteiger partial charge in [0.25, 0.3) is 0 Å². The molecule has 15 heavy (non-hydrogen) atoms. The molecule has 0 amide bonds. The van der Waals surface area contributed by atoms with Crippen molar-refractivity contribution in [1.82, 2.24) is 4.90 Å². The van der Waals surface area contributed by atoms with Gasteiger partial charge in [0.15, 0.2) is 0 Å². The molecule has 1 heterocycles. The topological polar surface area (TPSA) is 3.24 Å². The summed E-state index contributed by atoms with van der Waals surface area (Å²) in [4.78, 5) is 2.64. The number of hydrogen-bond acceptors (Lipinski definition) is 2. The molecule has 1 fully saturated rings. The Morgan fingerprint density at radius 1 is 0.933 bits per heavy atom. The Balaban J connectivity index is 1.79. The smallest absolute Gasteiger partial charge is 0.00723 e. The van der Waals surface area contributed by atoms with Crippen LogP contribution in [0.1, 0.15) is 51.9 Å². The maximum absolute atomic E-state index is 2.64. The SMILES string of the molecule is CCCCCCSCCN1CCCCC1. The Hall–Kier alpha value is 0.310. The van der Waals surface area contributed by atoms with Gasteiger partial charge in [-0.25, -0.2) is 0 Å². The Labute approximate surface area is 100.0 Å². The molecule has 1 nitrogen and oxygen atoms in total. The summed E-state index contributed by atoms with van der Waals surface area (Å²) in [6, 6.07) is 0. The first-order chi connectivity index (χ1) is 7.43. The molecule has 0 radical (unpaired) electrons. The maximum atomic E-state index is 2.64. The molecule has 1 rings (SSSR count). The molecular weight excluding hydrogens is 202 g/mol. The Morgan fingerprint density at radius 2 is 1.73 bits per heavy atom. The van der Waals surface area contributed by atoms with Gasteiger partial charge in [-0.3, -0.25) is 0 Å². The Morgan fingerprint density at radius 3 is 2.47 bits per heavy atom. The highest BCUT2D eigenvalue weighted by Crippen LogP contribution is 2.11. The number of piperidine rings is 1. The van der Waals surface area contributed by atoms with Crippen LogP contribution in [0.25, 0.3) is 0 Å². The maximum Gasteiger partial charge on any atom is 0.00723 e. The zero-order valence-corrected chi connectivity index (χ0v) is 11.2. The van der Waals surface area contributed by atoms with E-state index >= 15 is 0 Å². The van der Waals surface area contributed by atoms with E-state index in [-0.39, 0.29) is 0 Å². The summed E-state index contributed by atoms with van der Waals surface area (Å²) < 4.78 is 0. The van der Waals surface area contributed by atoms with E-state index in [1.165, 1.54) is 76.1 Å². The highest BCUT2D eigenvalue weighted by atomic mass is 32.2. The predicted molar refractivity (Wildman–Crippen MR) is 71.8 cm³/mol. The van der Waals surface area contributed by atoms with Gasteiger partial charge in [0.2, 0.25) is 0 Å². The molecule has 1 aliphatic heterocycles. The van der Waals surface area contributed by atoms with Crippen LogP contribution in [0.4, 0.5) is 0 Å². The fourth-order valence-corrected chi connectivity index (χ4v) is 3.11. The van der Waals surface area contributed by atoms with Crippen LogP contribution >= 0.6 is 11.8 Å². The largest absolute Gasteiger partial charge is 0.303 e. The van der Waals surface area contributed by atoms with Crippen molar-refractivity contribution in [2.45, 2.75) is 51.9 Å². The lowest BCUT2D eigenvalue weighted by atomic mass is 10.1. The lowest BCUT2D eigenvalue weighted by molar-refractivity contribution is 0.242. The van der Waals surface area contributed by atoms with E-state index in [9.17, 15) is 0 Å². The van der Waals surface area contributed by atoms with Crippen molar-refractivity contribution in [2.75, 3.05) is 31.1 Å². The van der Waals surface area contributed by atoms with Crippen molar-refractivity contribution < 1.29 is 0 Å². The van der Waals surface area contributed by atoms with E-state index in [0.29, 0.717) is 0 Å². The van der Waals surface area contributed by atoms with Gasteiger partial charge in [-0.15, -0.1) is 0 Å². The fraction of sp³-hybridized carbons (Fsp3) is 1.00. The zero-order valence-electron chi connectivity index (χ0n) is 10.3. The second-order valence-electron chi connectivity index (χ2n) is 4.58. The van der Waals surface area contributed by atoms with Crippen LogP contribution in [-0.2, 0) is 0 Å². The molecule has 0 bridgehead atoms. The van der Waals surface area contributed by atoms with Crippen LogP contribution in [0.15, 0.2) is 0 Å². The molecule has 0 aromatic carbocycles. The molecule has 2 heteroatoms. The van der Waals surface area contributed by atoms with Gasteiger partial charge in [-0.05, 0) is 38.1 Å². The van der Waals surface area contributed by atoms with Gasteiger partial charge >= 0.3 is 0 Å². The summed E-state index contributed by atoms with van der Waals surface area (Å²) in [7, 11) is 0. The highest BCUT2D eigenvalue weighted by Gasteiger charge is 2.08. The molecular formula is C13H27NS. The van der Waals surface area contributed by atoms with Crippen molar-refractivity contribution in [3.63, 3.8) is 0 Å². The van der Waals surface area contributed by atoms with Crippen LogP contribution in [-0.4, -0.2) is 36.0 Å². The van der Waals surface area contributed by atoms with Crippen molar-refractivity contribution in [3.8, 4) is 0 Å². The molecule has 1 aliphatic rings. The first-order valence-corrected chi connectivity index (χ1v) is 7.89. The van der Waals surface area contributed by atoms with Gasteiger partial charge in [0.05, 0.1) is 0 Å². The average Bonchev–Trinajstić information content (AvgIpc) is 2.29. The van der Waals surface area contributed by atoms with Crippen LogP contribution in [0, 0.1) is 0 Å². The van der Waals surface area contributed by atoms with Gasteiger partial charge in [-0.1, -0.05) is 32.6 Å². The third kappa shape index (κ3) is 7.24. The molecule has 0 unspecified atom stereocenters. The molecule has 0 aromatic heterocycles. The molecule has 0 N–H and O–H groups in total. The Kier molecular flexibility index (Phi) is 8.50. The minimum absolute atomic E-state index is 1.33. The predicted octanol–water partition coefficient (Wildman–Crippen LogP) is 3.79. The third-order valence-electron chi connectivity index (χ3n) is 3.14. The standard InChI is InChI=1S/C13H27NS/c1-2-3-4-8-12-15-13-11-14-9-6-5-7-10-14/h2-13H2,1H3. The number of likely N-dealkylation sites (tertiary alicyclic amines) is 1. The minimum Gasteiger partial charge on any atom is -0.303 e. The highest BCUT2D eigenvalue weighted by molar-refractivity contribution is 7.99. The molecule has 90 valence electrons. The van der Waals surface area contributed by atoms with E-state index in [0.717, 1.165) is 0 Å². The summed E-state index contributed by atoms with van der Waals surface area (Å²) in [5.74, 6) is 2.74. The van der Waals surface area contributed by atoms with E-state index in [1.54, 1.807) is 0 Å². The minimum atomic E-state index is 1.33. The fourth-order valence-electron chi connectivity index (χ4n) is 2.11. The average molecular weight is 229 g/mol. The first-order valence-electron chi connectivity index (χ1n) is 6.73. The second kappa shape index (κ2) is 9.53. The molecule has 0 atom stereocenters. The van der Waals surface area contributed by atoms with Crippen LogP contribution < -0.4 is 0 Å². The van der Waals surface area contributed by atoms with Crippen molar-refractivity contribution in [1.29, 1.82) is 0 Å². The van der Waals surface area contributed by atoms with E-state index in [1.807, 2.05) is 0 Å². The van der Waals surface area contributed by atoms with Crippen LogP contribution in [0.2, 0.25) is 0 Å². The quantitative estimate of drug-likeness (QED) is 0.583. The summed E-state index contributed by atoms with van der Waals surface area (Å²) >= 11 is 2.16. The van der Waals surface area contributed by atoms with Crippen molar-refractivity contribution in [2.24, 2.45) is 0 Å². The number of hydrogen-bond donors (Lipinski definition) is 0. The van der Waals surface area contributed by atoms with E-state index in [4.69, 9.17) is 0 Å².